The lowest BCUT2D eigenvalue weighted by Crippen LogP contribution is -2.44. The predicted octanol–water partition coefficient (Wildman–Crippen LogP) is 4.34. The van der Waals surface area contributed by atoms with Gasteiger partial charge in [0.25, 0.3) is 0 Å². The second-order valence-electron chi connectivity index (χ2n) is 7.55. The first kappa shape index (κ1) is 22.4. The summed E-state index contributed by atoms with van der Waals surface area (Å²) in [7, 11) is 1.56. The fourth-order valence-corrected chi connectivity index (χ4v) is 4.07. The van der Waals surface area contributed by atoms with E-state index in [1.165, 1.54) is 0 Å². The van der Waals surface area contributed by atoms with E-state index >= 15 is 0 Å². The van der Waals surface area contributed by atoms with Gasteiger partial charge in [0.2, 0.25) is 0 Å². The fraction of sp³-hybridized carbons (Fsp3) is 0.231. The van der Waals surface area contributed by atoms with E-state index in [1.807, 2.05) is 24.3 Å². The summed E-state index contributed by atoms with van der Waals surface area (Å²) >= 11 is 0. The van der Waals surface area contributed by atoms with Crippen LogP contribution < -0.4 is 15.6 Å². The lowest BCUT2D eigenvalue weighted by atomic mass is 9.98. The number of benzene rings is 3. The number of hydrazine groups is 1. The maximum atomic E-state index is 12.5. The number of ether oxygens (including phenoxy) is 3. The van der Waals surface area contributed by atoms with Crippen LogP contribution in [-0.2, 0) is 14.3 Å². The number of carbonyl (C=O) groups excluding carboxylic acids is 2. The number of hydrogen-bond donors (Lipinski definition) is 2. The molecule has 170 valence electrons. The summed E-state index contributed by atoms with van der Waals surface area (Å²) in [5, 5.41) is 0. The van der Waals surface area contributed by atoms with Crippen LogP contribution in [0, 0.1) is 0 Å². The van der Waals surface area contributed by atoms with Crippen LogP contribution in [0.3, 0.4) is 0 Å². The molecule has 1 atom stereocenters. The van der Waals surface area contributed by atoms with E-state index in [-0.39, 0.29) is 19.1 Å². The zero-order valence-electron chi connectivity index (χ0n) is 18.5. The van der Waals surface area contributed by atoms with Crippen molar-refractivity contribution in [2.24, 2.45) is 0 Å². The summed E-state index contributed by atoms with van der Waals surface area (Å²) in [4.78, 5) is 24.9. The molecule has 0 bridgehead atoms. The average molecular weight is 447 g/mol. The lowest BCUT2D eigenvalue weighted by molar-refractivity contribution is -0.146. The van der Waals surface area contributed by atoms with Crippen molar-refractivity contribution in [3.05, 3.63) is 89.5 Å². The van der Waals surface area contributed by atoms with Gasteiger partial charge >= 0.3 is 12.1 Å². The smallest absolute Gasteiger partial charge is 0.421 e. The number of nitrogens with one attached hydrogen (secondary N) is 2. The van der Waals surface area contributed by atoms with Crippen molar-refractivity contribution in [3.63, 3.8) is 0 Å². The summed E-state index contributed by atoms with van der Waals surface area (Å²) in [6, 6.07) is 22.3. The average Bonchev–Trinajstić information content (AvgIpc) is 3.17. The predicted molar refractivity (Wildman–Crippen MR) is 124 cm³/mol. The van der Waals surface area contributed by atoms with Gasteiger partial charge < -0.3 is 14.2 Å². The van der Waals surface area contributed by atoms with Gasteiger partial charge in [-0.2, -0.15) is 0 Å². The largest absolute Gasteiger partial charge is 0.497 e. The van der Waals surface area contributed by atoms with Crippen LogP contribution in [0.5, 0.6) is 5.75 Å². The molecule has 2 N–H and O–H groups in total. The summed E-state index contributed by atoms with van der Waals surface area (Å²) in [5.74, 6) is 0.0954. The Morgan fingerprint density at radius 2 is 1.48 bits per heavy atom. The van der Waals surface area contributed by atoms with E-state index in [1.54, 1.807) is 38.3 Å². The molecule has 7 nitrogen and oxygen atoms in total. The number of rotatable bonds is 8. The zero-order valence-corrected chi connectivity index (χ0v) is 18.5. The lowest BCUT2D eigenvalue weighted by Gasteiger charge is -2.19. The molecule has 0 fully saturated rings. The van der Waals surface area contributed by atoms with Gasteiger partial charge in [0, 0.05) is 5.92 Å². The van der Waals surface area contributed by atoms with Gasteiger partial charge in [-0.05, 0) is 46.9 Å². The van der Waals surface area contributed by atoms with Crippen molar-refractivity contribution in [1.29, 1.82) is 0 Å². The molecule has 1 aliphatic rings. The minimum atomic E-state index is -0.892. The molecule has 0 aliphatic heterocycles. The van der Waals surface area contributed by atoms with E-state index in [0.717, 1.165) is 22.3 Å². The zero-order chi connectivity index (χ0) is 23.2. The molecule has 0 unspecified atom stereocenters. The van der Waals surface area contributed by atoms with Crippen LogP contribution in [0.25, 0.3) is 11.1 Å². The maximum absolute atomic E-state index is 12.5. The number of carbonyl (C=O) groups is 2. The van der Waals surface area contributed by atoms with Gasteiger partial charge in [-0.1, -0.05) is 60.7 Å². The maximum Gasteiger partial charge on any atom is 0.421 e. The van der Waals surface area contributed by atoms with Gasteiger partial charge in [0.15, 0.2) is 0 Å². The molecular formula is C26H26N2O5. The van der Waals surface area contributed by atoms with Gasteiger partial charge in [0.05, 0.1) is 13.7 Å². The molecule has 1 aliphatic carbocycles. The summed E-state index contributed by atoms with van der Waals surface area (Å²) < 4.78 is 15.8. The van der Waals surface area contributed by atoms with Gasteiger partial charge in [0.1, 0.15) is 18.4 Å². The topological polar surface area (TPSA) is 85.9 Å². The Morgan fingerprint density at radius 3 is 2.06 bits per heavy atom. The highest BCUT2D eigenvalue weighted by molar-refractivity contribution is 5.80. The van der Waals surface area contributed by atoms with Gasteiger partial charge in [-0.3, -0.25) is 5.43 Å². The van der Waals surface area contributed by atoms with Crippen molar-refractivity contribution in [2.45, 2.75) is 18.9 Å². The van der Waals surface area contributed by atoms with Crippen molar-refractivity contribution in [2.75, 3.05) is 20.3 Å². The van der Waals surface area contributed by atoms with Crippen LogP contribution >= 0.6 is 0 Å². The molecule has 0 aromatic heterocycles. The molecular weight excluding hydrogens is 420 g/mol. The molecule has 33 heavy (non-hydrogen) atoms. The van der Waals surface area contributed by atoms with Gasteiger partial charge in [-0.25, -0.2) is 15.0 Å². The second kappa shape index (κ2) is 10.2. The first-order chi connectivity index (χ1) is 16.1. The standard InChI is InChI=1S/C26H26N2O5/c1-3-32-25(29)24(17-12-14-18(31-2)15-13-17)27-28-26(30)33-16-23-21-10-6-4-8-19(21)20-9-5-7-11-22(20)23/h4-15,23-24,27H,3,16H2,1-2H3,(H,28,30)/t24-/m0/s1. The number of esters is 1. The van der Waals surface area contributed by atoms with E-state index in [4.69, 9.17) is 14.2 Å². The van der Waals surface area contributed by atoms with Crippen LogP contribution in [-0.4, -0.2) is 32.4 Å². The molecule has 0 saturated carbocycles. The van der Waals surface area contributed by atoms with E-state index in [2.05, 4.69) is 35.1 Å². The Balaban J connectivity index is 1.41. The van der Waals surface area contributed by atoms with E-state index in [9.17, 15) is 9.59 Å². The number of amides is 1. The van der Waals surface area contributed by atoms with Crippen LogP contribution in [0.15, 0.2) is 72.8 Å². The molecule has 0 radical (unpaired) electrons. The number of methoxy groups -OCH3 is 1. The molecule has 3 aromatic carbocycles. The minimum Gasteiger partial charge on any atom is -0.497 e. The Bertz CT molecular complexity index is 1080. The molecule has 0 saturated heterocycles. The third-order valence-electron chi connectivity index (χ3n) is 5.63. The third-order valence-corrected chi connectivity index (χ3v) is 5.63. The van der Waals surface area contributed by atoms with Crippen molar-refractivity contribution in [1.82, 2.24) is 10.9 Å². The van der Waals surface area contributed by atoms with Crippen LogP contribution in [0.1, 0.15) is 35.6 Å². The molecule has 7 heteroatoms. The Kier molecular flexibility index (Phi) is 6.90. The summed E-state index contributed by atoms with van der Waals surface area (Å²) in [6.45, 7) is 2.12. The number of hydrogen-bond acceptors (Lipinski definition) is 6. The van der Waals surface area contributed by atoms with Crippen molar-refractivity contribution < 1.29 is 23.8 Å². The fourth-order valence-electron chi connectivity index (χ4n) is 4.07. The Labute approximate surface area is 192 Å². The molecule has 1 amide bonds. The highest BCUT2D eigenvalue weighted by Gasteiger charge is 2.29. The Morgan fingerprint density at radius 1 is 0.879 bits per heavy atom. The molecule has 0 spiro atoms. The molecule has 0 heterocycles. The van der Waals surface area contributed by atoms with Crippen molar-refractivity contribution >= 4 is 12.1 Å². The van der Waals surface area contributed by atoms with E-state index < -0.39 is 18.1 Å². The molecule has 4 rings (SSSR count). The highest BCUT2D eigenvalue weighted by Crippen LogP contribution is 2.44. The van der Waals surface area contributed by atoms with Crippen LogP contribution in [0.4, 0.5) is 4.79 Å². The Hall–Kier alpha value is -3.84. The summed E-state index contributed by atoms with van der Waals surface area (Å²) in [5.41, 5.74) is 10.4. The quantitative estimate of drug-likeness (QED) is 0.395. The first-order valence-corrected chi connectivity index (χ1v) is 10.8. The summed E-state index contributed by atoms with van der Waals surface area (Å²) in [6.07, 6.45) is -0.681. The SMILES string of the molecule is CCOC(=O)[C@@H](NNC(=O)OCC1c2ccccc2-c2ccccc21)c1ccc(OC)cc1. The molecule has 3 aromatic rings. The monoisotopic (exact) mass is 446 g/mol. The van der Waals surface area contributed by atoms with E-state index in [0.29, 0.717) is 11.3 Å². The first-order valence-electron chi connectivity index (χ1n) is 10.8. The van der Waals surface area contributed by atoms with Gasteiger partial charge in [-0.15, -0.1) is 0 Å². The minimum absolute atomic E-state index is 0.0504. The van der Waals surface area contributed by atoms with Crippen LogP contribution in [0.2, 0.25) is 0 Å². The third kappa shape index (κ3) is 4.83. The highest BCUT2D eigenvalue weighted by atomic mass is 16.6. The normalized spacial score (nSPS) is 12.9. The number of fused-ring (bicyclic) bond motifs is 3. The second-order valence-corrected chi connectivity index (χ2v) is 7.55. The van der Waals surface area contributed by atoms with Crippen molar-refractivity contribution in [3.8, 4) is 16.9 Å².